The molecule has 0 radical (unpaired) electrons. The minimum absolute atomic E-state index is 0.0216. The molecule has 156 valence electrons. The van der Waals surface area contributed by atoms with Gasteiger partial charge in [0.15, 0.2) is 0 Å². The average Bonchev–Trinajstić information content (AvgIpc) is 2.75. The maximum absolute atomic E-state index is 13.3. The van der Waals surface area contributed by atoms with E-state index >= 15 is 0 Å². The van der Waals surface area contributed by atoms with Gasteiger partial charge in [0, 0.05) is 25.5 Å². The van der Waals surface area contributed by atoms with Crippen molar-refractivity contribution < 1.29 is 17.9 Å². The molecule has 0 aliphatic carbocycles. The highest BCUT2D eigenvalue weighted by molar-refractivity contribution is 7.92. The van der Waals surface area contributed by atoms with Crippen LogP contribution in [0.1, 0.15) is 10.4 Å². The van der Waals surface area contributed by atoms with Crippen molar-refractivity contribution in [3.8, 4) is 0 Å². The van der Waals surface area contributed by atoms with Crippen molar-refractivity contribution in [2.45, 2.75) is 4.90 Å². The summed E-state index contributed by atoms with van der Waals surface area (Å²) in [4.78, 5) is 22.7. The number of carbonyl (C=O) groups is 1. The lowest BCUT2D eigenvalue weighted by molar-refractivity contribution is 0.0300. The molecule has 8 nitrogen and oxygen atoms in total. The van der Waals surface area contributed by atoms with Crippen LogP contribution in [0, 0.1) is 0 Å². The summed E-state index contributed by atoms with van der Waals surface area (Å²) >= 11 is 12.2. The fourth-order valence-electron chi connectivity index (χ4n) is 3.13. The lowest BCUT2D eigenvalue weighted by Crippen LogP contribution is -2.41. The highest BCUT2D eigenvalue weighted by atomic mass is 35.5. The molecule has 0 bridgehead atoms. The second-order valence-electron chi connectivity index (χ2n) is 6.50. The van der Waals surface area contributed by atoms with Crippen molar-refractivity contribution in [3.63, 3.8) is 0 Å². The Labute approximate surface area is 182 Å². The molecule has 0 spiro atoms. The number of ether oxygens (including phenoxy) is 1. The molecule has 11 heteroatoms. The number of morpholine rings is 1. The second-order valence-corrected chi connectivity index (χ2v) is 8.97. The number of rotatable bonds is 4. The standard InChI is InChI=1S/C19H16Cl2N4O4S/c20-13-10-12(19(26)25-6-8-29-9-7-25)17(11-14(13)21)30(27,28)24-16-3-1-2-15-18(16)23-5-4-22-15/h1-5,10-11,24H,6-9H2. The predicted molar refractivity (Wildman–Crippen MR) is 114 cm³/mol. The summed E-state index contributed by atoms with van der Waals surface area (Å²) in [5, 5.41) is 0.108. The minimum atomic E-state index is -4.20. The van der Waals surface area contributed by atoms with E-state index in [1.165, 1.54) is 29.4 Å². The SMILES string of the molecule is O=C(c1cc(Cl)c(Cl)cc1S(=O)(=O)Nc1cccc2nccnc12)N1CCOCC1. The van der Waals surface area contributed by atoms with Crippen molar-refractivity contribution in [1.29, 1.82) is 0 Å². The highest BCUT2D eigenvalue weighted by Gasteiger charge is 2.29. The summed E-state index contributed by atoms with van der Waals surface area (Å²) < 4.78 is 34.3. The molecule has 1 aromatic heterocycles. The number of halogens is 2. The molecular weight excluding hydrogens is 451 g/mol. The number of para-hydroxylation sites is 1. The average molecular weight is 467 g/mol. The number of anilines is 1. The summed E-state index contributed by atoms with van der Waals surface area (Å²) in [6, 6.07) is 7.39. The van der Waals surface area contributed by atoms with E-state index < -0.39 is 15.9 Å². The van der Waals surface area contributed by atoms with Gasteiger partial charge in [-0.25, -0.2) is 8.42 Å². The summed E-state index contributed by atoms with van der Waals surface area (Å²) in [6.07, 6.45) is 2.98. The molecule has 2 aromatic carbocycles. The number of aromatic nitrogens is 2. The Balaban J connectivity index is 1.78. The van der Waals surface area contributed by atoms with Gasteiger partial charge in [0.1, 0.15) is 10.4 Å². The minimum Gasteiger partial charge on any atom is -0.378 e. The molecule has 0 atom stereocenters. The van der Waals surface area contributed by atoms with Crippen LogP contribution in [-0.2, 0) is 14.8 Å². The molecule has 1 N–H and O–H groups in total. The van der Waals surface area contributed by atoms with Gasteiger partial charge in [-0.05, 0) is 24.3 Å². The van der Waals surface area contributed by atoms with Crippen molar-refractivity contribution >= 4 is 55.9 Å². The van der Waals surface area contributed by atoms with E-state index in [1.54, 1.807) is 18.2 Å². The van der Waals surface area contributed by atoms with E-state index in [0.29, 0.717) is 37.3 Å². The number of sulfonamides is 1. The first kappa shape index (κ1) is 20.8. The van der Waals surface area contributed by atoms with Gasteiger partial charge in [-0.3, -0.25) is 19.5 Å². The van der Waals surface area contributed by atoms with Gasteiger partial charge in [0.05, 0.1) is 40.0 Å². The molecule has 1 saturated heterocycles. The van der Waals surface area contributed by atoms with Crippen molar-refractivity contribution in [2.75, 3.05) is 31.0 Å². The normalized spacial score (nSPS) is 14.7. The van der Waals surface area contributed by atoms with Crippen LogP contribution in [-0.4, -0.2) is 55.5 Å². The number of benzene rings is 2. The summed E-state index contributed by atoms with van der Waals surface area (Å²) in [6.45, 7) is 1.46. The van der Waals surface area contributed by atoms with Crippen LogP contribution in [0.2, 0.25) is 10.0 Å². The topological polar surface area (TPSA) is 101 Å². The Morgan fingerprint density at radius 1 is 1.07 bits per heavy atom. The number of nitrogens with zero attached hydrogens (tertiary/aromatic N) is 3. The van der Waals surface area contributed by atoms with Gasteiger partial charge >= 0.3 is 0 Å². The largest absolute Gasteiger partial charge is 0.378 e. The van der Waals surface area contributed by atoms with Crippen LogP contribution in [0.4, 0.5) is 5.69 Å². The zero-order valence-corrected chi connectivity index (χ0v) is 17.8. The van der Waals surface area contributed by atoms with E-state index in [0.717, 1.165) is 0 Å². The Morgan fingerprint density at radius 3 is 2.53 bits per heavy atom. The monoisotopic (exact) mass is 466 g/mol. The fraction of sp³-hybridized carbons (Fsp3) is 0.211. The lowest BCUT2D eigenvalue weighted by atomic mass is 10.2. The molecule has 1 aliphatic rings. The molecule has 0 unspecified atom stereocenters. The number of hydrogen-bond acceptors (Lipinski definition) is 6. The molecule has 1 fully saturated rings. The van der Waals surface area contributed by atoms with E-state index in [4.69, 9.17) is 27.9 Å². The van der Waals surface area contributed by atoms with Gasteiger partial charge < -0.3 is 9.64 Å². The number of amides is 1. The highest BCUT2D eigenvalue weighted by Crippen LogP contribution is 2.31. The number of fused-ring (bicyclic) bond motifs is 1. The van der Waals surface area contributed by atoms with E-state index in [9.17, 15) is 13.2 Å². The van der Waals surface area contributed by atoms with Crippen LogP contribution in [0.5, 0.6) is 0 Å². The van der Waals surface area contributed by atoms with Gasteiger partial charge in [-0.1, -0.05) is 29.3 Å². The maximum Gasteiger partial charge on any atom is 0.262 e. The molecule has 30 heavy (non-hydrogen) atoms. The van der Waals surface area contributed by atoms with Gasteiger partial charge in [0.2, 0.25) is 0 Å². The van der Waals surface area contributed by atoms with Gasteiger partial charge in [-0.2, -0.15) is 0 Å². The van der Waals surface area contributed by atoms with Crippen LogP contribution in [0.15, 0.2) is 47.6 Å². The molecule has 3 aromatic rings. The third-order valence-electron chi connectivity index (χ3n) is 4.58. The Bertz CT molecular complexity index is 1230. The zero-order chi connectivity index (χ0) is 21.3. The first-order valence-corrected chi connectivity index (χ1v) is 11.2. The van der Waals surface area contributed by atoms with Crippen LogP contribution < -0.4 is 4.72 Å². The first-order chi connectivity index (χ1) is 14.4. The van der Waals surface area contributed by atoms with Gasteiger partial charge in [-0.15, -0.1) is 0 Å². The molecule has 4 rings (SSSR count). The predicted octanol–water partition coefficient (Wildman–Crippen LogP) is 3.21. The Hall–Kier alpha value is -2.46. The quantitative estimate of drug-likeness (QED) is 0.633. The van der Waals surface area contributed by atoms with E-state index in [2.05, 4.69) is 14.7 Å². The van der Waals surface area contributed by atoms with Crippen molar-refractivity contribution in [2.24, 2.45) is 0 Å². The number of hydrogen-bond donors (Lipinski definition) is 1. The van der Waals surface area contributed by atoms with E-state index in [-0.39, 0.29) is 26.2 Å². The molecular formula is C19H16Cl2N4O4S. The van der Waals surface area contributed by atoms with Crippen molar-refractivity contribution in [1.82, 2.24) is 14.9 Å². The Morgan fingerprint density at radius 2 is 1.77 bits per heavy atom. The molecule has 1 amide bonds. The summed E-state index contributed by atoms with van der Waals surface area (Å²) in [7, 11) is -4.20. The fourth-order valence-corrected chi connectivity index (χ4v) is 4.79. The second kappa shape index (κ2) is 8.35. The third kappa shape index (κ3) is 4.06. The van der Waals surface area contributed by atoms with Crippen LogP contribution >= 0.6 is 23.2 Å². The number of nitrogens with one attached hydrogen (secondary N) is 1. The van der Waals surface area contributed by atoms with Crippen molar-refractivity contribution in [3.05, 3.63) is 58.3 Å². The zero-order valence-electron chi connectivity index (χ0n) is 15.5. The Kier molecular flexibility index (Phi) is 5.79. The summed E-state index contributed by atoms with van der Waals surface area (Å²) in [5.74, 6) is -0.463. The summed E-state index contributed by atoms with van der Waals surface area (Å²) in [5.41, 5.74) is 1.07. The smallest absolute Gasteiger partial charge is 0.262 e. The molecule has 2 heterocycles. The first-order valence-electron chi connectivity index (χ1n) is 8.95. The molecule has 1 aliphatic heterocycles. The maximum atomic E-state index is 13.3. The lowest BCUT2D eigenvalue weighted by Gasteiger charge is -2.27. The van der Waals surface area contributed by atoms with Gasteiger partial charge in [0.25, 0.3) is 15.9 Å². The molecule has 0 saturated carbocycles. The number of carbonyl (C=O) groups excluding carboxylic acids is 1. The van der Waals surface area contributed by atoms with Crippen LogP contribution in [0.25, 0.3) is 11.0 Å². The third-order valence-corrected chi connectivity index (χ3v) is 6.71. The van der Waals surface area contributed by atoms with Crippen LogP contribution in [0.3, 0.4) is 0 Å². The van der Waals surface area contributed by atoms with E-state index in [1.807, 2.05) is 0 Å².